The Hall–Kier alpha value is -1.69. The smallest absolute Gasteiger partial charge is 0.152 e. The van der Waals surface area contributed by atoms with Gasteiger partial charge in [0.2, 0.25) is 0 Å². The van der Waals surface area contributed by atoms with E-state index in [0.29, 0.717) is 13.0 Å². The van der Waals surface area contributed by atoms with Crippen molar-refractivity contribution in [3.63, 3.8) is 0 Å². The van der Waals surface area contributed by atoms with E-state index >= 15 is 0 Å². The van der Waals surface area contributed by atoms with E-state index in [-0.39, 0.29) is 12.4 Å². The first-order valence-electron chi connectivity index (χ1n) is 9.12. The first-order chi connectivity index (χ1) is 12.6. The third-order valence-corrected chi connectivity index (χ3v) is 5.56. The number of aliphatic hydroxyl groups excluding tert-OH is 1. The standard InChI is InChI=1S/C21H26O4S/c1-15-12-19(25-10-3-11-26(23)24)13-18-5-2-4-17-8-6-16(14-22)7-9-20(17)21(15)18/h6,8-9,12-13,22H,2-5,7,10-11,14H2,1H3,(H,23,24). The lowest BCUT2D eigenvalue weighted by molar-refractivity contribution is 0.317. The molecular formula is C21H26O4S. The first kappa shape index (κ1) is 19.1. The van der Waals surface area contributed by atoms with Gasteiger partial charge in [-0.1, -0.05) is 18.2 Å². The molecule has 0 spiro atoms. The summed E-state index contributed by atoms with van der Waals surface area (Å²) in [5, 5.41) is 9.45. The van der Waals surface area contributed by atoms with E-state index in [0.717, 1.165) is 37.0 Å². The molecule has 1 atom stereocenters. The highest BCUT2D eigenvalue weighted by Gasteiger charge is 2.20. The molecule has 0 saturated heterocycles. The van der Waals surface area contributed by atoms with Crippen LogP contribution in [-0.4, -0.2) is 32.8 Å². The number of benzene rings is 1. The normalized spacial score (nSPS) is 17.7. The van der Waals surface area contributed by atoms with Gasteiger partial charge in [-0.15, -0.1) is 0 Å². The summed E-state index contributed by atoms with van der Waals surface area (Å²) >= 11 is -1.76. The number of aryl methyl sites for hydroxylation is 2. The van der Waals surface area contributed by atoms with Crippen molar-refractivity contribution in [2.75, 3.05) is 19.0 Å². The van der Waals surface area contributed by atoms with Crippen LogP contribution >= 0.6 is 0 Å². The Balaban J connectivity index is 1.86. The zero-order chi connectivity index (χ0) is 18.5. The van der Waals surface area contributed by atoms with Gasteiger partial charge in [-0.25, -0.2) is 4.21 Å². The summed E-state index contributed by atoms with van der Waals surface area (Å²) in [7, 11) is 0. The van der Waals surface area contributed by atoms with Crippen molar-refractivity contribution in [3.05, 3.63) is 58.2 Å². The van der Waals surface area contributed by atoms with E-state index in [1.807, 2.05) is 0 Å². The van der Waals surface area contributed by atoms with E-state index in [2.05, 4.69) is 37.3 Å². The lowest BCUT2D eigenvalue weighted by atomic mass is 9.90. The largest absolute Gasteiger partial charge is 0.494 e. The molecule has 1 aromatic rings. The van der Waals surface area contributed by atoms with Crippen molar-refractivity contribution in [1.82, 2.24) is 0 Å². The second kappa shape index (κ2) is 8.80. The Morgan fingerprint density at radius 3 is 2.85 bits per heavy atom. The number of fused-ring (bicyclic) bond motifs is 3. The van der Waals surface area contributed by atoms with Crippen LogP contribution in [-0.2, 0) is 17.5 Å². The highest BCUT2D eigenvalue weighted by molar-refractivity contribution is 7.79. The predicted molar refractivity (Wildman–Crippen MR) is 106 cm³/mol. The Morgan fingerprint density at radius 1 is 1.23 bits per heavy atom. The van der Waals surface area contributed by atoms with Crippen LogP contribution in [0, 0.1) is 6.92 Å². The molecule has 0 fully saturated rings. The van der Waals surface area contributed by atoms with E-state index in [1.54, 1.807) is 0 Å². The summed E-state index contributed by atoms with van der Waals surface area (Å²) in [4.78, 5) is 0. The highest BCUT2D eigenvalue weighted by atomic mass is 32.2. The summed E-state index contributed by atoms with van der Waals surface area (Å²) < 4.78 is 25.4. The van der Waals surface area contributed by atoms with Gasteiger partial charge < -0.3 is 14.4 Å². The molecule has 5 heteroatoms. The molecule has 0 amide bonds. The summed E-state index contributed by atoms with van der Waals surface area (Å²) in [6.07, 6.45) is 10.9. The van der Waals surface area contributed by atoms with Crippen LogP contribution in [0.4, 0.5) is 0 Å². The zero-order valence-corrected chi connectivity index (χ0v) is 16.0. The molecule has 3 rings (SSSR count). The van der Waals surface area contributed by atoms with Crippen molar-refractivity contribution in [2.45, 2.75) is 39.0 Å². The predicted octanol–water partition coefficient (Wildman–Crippen LogP) is 3.95. The fourth-order valence-electron chi connectivity index (χ4n) is 3.67. The SMILES string of the molecule is Cc1cc(OCCCS(=O)O)cc2c1C1=CCC(CO)=CC=C1CCC2. The topological polar surface area (TPSA) is 66.8 Å². The molecule has 2 N–H and O–H groups in total. The number of hydrogen-bond acceptors (Lipinski definition) is 3. The van der Waals surface area contributed by atoms with Gasteiger partial charge >= 0.3 is 0 Å². The summed E-state index contributed by atoms with van der Waals surface area (Å²) in [6, 6.07) is 4.18. The molecule has 1 aromatic carbocycles. The van der Waals surface area contributed by atoms with Crippen LogP contribution in [0.1, 0.15) is 42.4 Å². The molecule has 0 bridgehead atoms. The van der Waals surface area contributed by atoms with E-state index in [4.69, 9.17) is 9.29 Å². The van der Waals surface area contributed by atoms with Crippen LogP contribution in [0.3, 0.4) is 0 Å². The molecule has 26 heavy (non-hydrogen) atoms. The molecule has 0 aliphatic heterocycles. The molecule has 0 saturated carbocycles. The van der Waals surface area contributed by atoms with Gasteiger partial charge in [0.1, 0.15) is 5.75 Å². The Kier molecular flexibility index (Phi) is 6.46. The van der Waals surface area contributed by atoms with E-state index in [9.17, 15) is 9.32 Å². The average molecular weight is 375 g/mol. The summed E-state index contributed by atoms with van der Waals surface area (Å²) in [6.45, 7) is 2.66. The number of ether oxygens (including phenoxy) is 1. The molecule has 0 heterocycles. The molecule has 0 radical (unpaired) electrons. The van der Waals surface area contributed by atoms with Crippen LogP contribution in [0.2, 0.25) is 0 Å². The molecule has 0 aromatic heterocycles. The van der Waals surface area contributed by atoms with Crippen LogP contribution in [0.25, 0.3) is 5.57 Å². The van der Waals surface area contributed by atoms with Crippen LogP contribution in [0.5, 0.6) is 5.75 Å². The molecule has 2 aliphatic carbocycles. The minimum Gasteiger partial charge on any atom is -0.494 e. The van der Waals surface area contributed by atoms with Gasteiger partial charge in [0.15, 0.2) is 11.1 Å². The zero-order valence-electron chi connectivity index (χ0n) is 15.2. The van der Waals surface area contributed by atoms with Crippen LogP contribution < -0.4 is 4.74 Å². The fourth-order valence-corrected chi connectivity index (χ4v) is 4.04. The first-order valence-corrected chi connectivity index (χ1v) is 10.4. The third kappa shape index (κ3) is 4.53. The molecular weight excluding hydrogens is 348 g/mol. The summed E-state index contributed by atoms with van der Waals surface area (Å²) in [5.41, 5.74) is 7.46. The number of allylic oxidation sites excluding steroid dienone is 5. The van der Waals surface area contributed by atoms with Gasteiger partial charge in [-0.05, 0) is 84.6 Å². The molecule has 140 valence electrons. The number of hydrogen-bond donors (Lipinski definition) is 2. The number of aliphatic hydroxyl groups is 1. The minimum atomic E-state index is -1.76. The van der Waals surface area contributed by atoms with Crippen LogP contribution in [0.15, 0.2) is 41.5 Å². The lowest BCUT2D eigenvalue weighted by Crippen LogP contribution is -2.05. The van der Waals surface area contributed by atoms with Gasteiger partial charge in [0, 0.05) is 0 Å². The Labute approximate surface area is 157 Å². The lowest BCUT2D eigenvalue weighted by Gasteiger charge is -2.17. The summed E-state index contributed by atoms with van der Waals surface area (Å²) in [5.74, 6) is 1.08. The minimum absolute atomic E-state index is 0.102. The van der Waals surface area contributed by atoms with E-state index < -0.39 is 11.1 Å². The maximum absolute atomic E-state index is 10.7. The monoisotopic (exact) mass is 374 g/mol. The van der Waals surface area contributed by atoms with Crippen molar-refractivity contribution >= 4 is 16.7 Å². The van der Waals surface area contributed by atoms with Crippen molar-refractivity contribution in [1.29, 1.82) is 0 Å². The molecule has 2 aliphatic rings. The van der Waals surface area contributed by atoms with Crippen molar-refractivity contribution in [3.8, 4) is 5.75 Å². The Bertz CT molecular complexity index is 789. The van der Waals surface area contributed by atoms with Gasteiger partial charge in [0.25, 0.3) is 0 Å². The second-order valence-corrected chi connectivity index (χ2v) is 7.90. The maximum Gasteiger partial charge on any atom is 0.152 e. The number of rotatable bonds is 6. The average Bonchev–Trinajstić information content (AvgIpc) is 2.90. The highest BCUT2D eigenvalue weighted by Crippen LogP contribution is 2.39. The fraction of sp³-hybridized carbons (Fsp3) is 0.429. The van der Waals surface area contributed by atoms with E-state index in [1.165, 1.54) is 27.8 Å². The third-order valence-electron chi connectivity index (χ3n) is 4.92. The second-order valence-electron chi connectivity index (χ2n) is 6.85. The van der Waals surface area contributed by atoms with Gasteiger partial charge in [-0.3, -0.25) is 0 Å². The molecule has 1 unspecified atom stereocenters. The van der Waals surface area contributed by atoms with Crippen molar-refractivity contribution in [2.24, 2.45) is 0 Å². The molecule has 4 nitrogen and oxygen atoms in total. The quantitative estimate of drug-likeness (QED) is 0.584. The maximum atomic E-state index is 10.7. The Morgan fingerprint density at radius 2 is 2.08 bits per heavy atom. The van der Waals surface area contributed by atoms with Gasteiger partial charge in [0.05, 0.1) is 19.0 Å². The van der Waals surface area contributed by atoms with Gasteiger partial charge in [-0.2, -0.15) is 0 Å². The van der Waals surface area contributed by atoms with Crippen molar-refractivity contribution < 1.29 is 18.6 Å².